The van der Waals surface area contributed by atoms with E-state index in [0.717, 1.165) is 6.26 Å². The maximum Gasteiger partial charge on any atom is 0.264 e. The van der Waals surface area contributed by atoms with E-state index in [-0.39, 0.29) is 0 Å². The van der Waals surface area contributed by atoms with E-state index in [1.54, 1.807) is 30.3 Å². The van der Waals surface area contributed by atoms with E-state index in [1.165, 1.54) is 0 Å². The third-order valence-electron chi connectivity index (χ3n) is 1.31. The molecule has 0 atom stereocenters. The van der Waals surface area contributed by atoms with Crippen LogP contribution in [0.2, 0.25) is 0 Å². The minimum Gasteiger partial charge on any atom is -0.323 e. The van der Waals surface area contributed by atoms with Crippen molar-refractivity contribution >= 4 is 15.9 Å². The average molecular weight is 244 g/mol. The summed E-state index contributed by atoms with van der Waals surface area (Å²) in [4.78, 5) is 11.2. The Labute approximate surface area is 95.9 Å². The first-order chi connectivity index (χ1) is 7.40. The minimum absolute atomic E-state index is 0.327. The van der Waals surface area contributed by atoms with Gasteiger partial charge in [0.1, 0.15) is 0 Å². The van der Waals surface area contributed by atoms with Crippen molar-refractivity contribution in [3.8, 4) is 0 Å². The first-order valence-corrected chi connectivity index (χ1v) is 6.45. The molecule has 1 aromatic carbocycles. The first kappa shape index (κ1) is 14.6. The summed E-state index contributed by atoms with van der Waals surface area (Å²) in [6.45, 7) is 0. The van der Waals surface area contributed by atoms with Crippen molar-refractivity contribution in [1.82, 2.24) is 10.0 Å². The highest BCUT2D eigenvalue weighted by molar-refractivity contribution is 7.89. The van der Waals surface area contributed by atoms with E-state index >= 15 is 0 Å². The van der Waals surface area contributed by atoms with Crippen LogP contribution in [-0.4, -0.2) is 34.7 Å². The van der Waals surface area contributed by atoms with Crippen molar-refractivity contribution in [2.75, 3.05) is 20.4 Å². The molecule has 0 aliphatic carbocycles. The number of hydrogen-bond donors (Lipinski definition) is 2. The second kappa shape index (κ2) is 6.97. The lowest BCUT2D eigenvalue weighted by Gasteiger charge is -2.00. The summed E-state index contributed by atoms with van der Waals surface area (Å²) < 4.78 is 23.2. The van der Waals surface area contributed by atoms with Crippen LogP contribution in [0, 0.1) is 0 Å². The summed E-state index contributed by atoms with van der Waals surface area (Å²) in [6, 6.07) is 8.16. The standard InChI is InChI=1S/C8H9NO3S.C2H7N/c1-13(11,12)9-8(10)7-5-3-2-4-6-7;1-3-2/h2-6H,1H3,(H,9,10);3H,1-2H3. The van der Waals surface area contributed by atoms with E-state index in [2.05, 4.69) is 5.32 Å². The molecule has 0 aliphatic heterocycles. The maximum absolute atomic E-state index is 11.2. The molecule has 5 nitrogen and oxygen atoms in total. The summed E-state index contributed by atoms with van der Waals surface area (Å²) >= 11 is 0. The number of nitrogens with one attached hydrogen (secondary N) is 2. The SMILES string of the molecule is CNC.CS(=O)(=O)NC(=O)c1ccccc1. The van der Waals surface area contributed by atoms with Crippen LogP contribution in [-0.2, 0) is 10.0 Å². The van der Waals surface area contributed by atoms with Crippen LogP contribution >= 0.6 is 0 Å². The molecule has 1 amide bonds. The van der Waals surface area contributed by atoms with Gasteiger partial charge < -0.3 is 5.32 Å². The monoisotopic (exact) mass is 244 g/mol. The van der Waals surface area contributed by atoms with Crippen molar-refractivity contribution in [2.24, 2.45) is 0 Å². The van der Waals surface area contributed by atoms with Gasteiger partial charge in [-0.25, -0.2) is 13.1 Å². The average Bonchev–Trinajstić information content (AvgIpc) is 2.18. The lowest BCUT2D eigenvalue weighted by molar-refractivity contribution is 0.0981. The Hall–Kier alpha value is -1.40. The van der Waals surface area contributed by atoms with Gasteiger partial charge in [-0.1, -0.05) is 18.2 Å². The molecular formula is C10H16N2O3S. The van der Waals surface area contributed by atoms with Crippen LogP contribution in [0.15, 0.2) is 30.3 Å². The summed E-state index contributed by atoms with van der Waals surface area (Å²) in [5.74, 6) is -0.608. The van der Waals surface area contributed by atoms with Crippen molar-refractivity contribution in [1.29, 1.82) is 0 Å². The Bertz CT molecular complexity index is 415. The molecule has 0 saturated heterocycles. The molecule has 6 heteroatoms. The van der Waals surface area contributed by atoms with E-state index in [9.17, 15) is 13.2 Å². The van der Waals surface area contributed by atoms with Crippen LogP contribution in [0.25, 0.3) is 0 Å². The molecule has 0 radical (unpaired) electrons. The Morgan fingerprint density at radius 2 is 1.56 bits per heavy atom. The van der Waals surface area contributed by atoms with Gasteiger partial charge in [-0.05, 0) is 26.2 Å². The van der Waals surface area contributed by atoms with Gasteiger partial charge in [0, 0.05) is 5.56 Å². The van der Waals surface area contributed by atoms with E-state index in [0.29, 0.717) is 5.56 Å². The third kappa shape index (κ3) is 6.97. The van der Waals surface area contributed by atoms with Gasteiger partial charge in [0.25, 0.3) is 5.91 Å². The number of rotatable bonds is 2. The number of hydrogen-bond acceptors (Lipinski definition) is 4. The van der Waals surface area contributed by atoms with Crippen molar-refractivity contribution in [2.45, 2.75) is 0 Å². The fraction of sp³-hybridized carbons (Fsp3) is 0.300. The highest BCUT2D eigenvalue weighted by Crippen LogP contribution is 1.98. The molecule has 0 aromatic heterocycles. The van der Waals surface area contributed by atoms with E-state index < -0.39 is 15.9 Å². The van der Waals surface area contributed by atoms with Crippen LogP contribution in [0.5, 0.6) is 0 Å². The fourth-order valence-corrected chi connectivity index (χ4v) is 1.27. The van der Waals surface area contributed by atoms with Gasteiger partial charge in [0.05, 0.1) is 6.26 Å². The summed E-state index contributed by atoms with van der Waals surface area (Å²) in [5, 5.41) is 2.75. The number of benzene rings is 1. The van der Waals surface area contributed by atoms with E-state index in [4.69, 9.17) is 0 Å². The van der Waals surface area contributed by atoms with Gasteiger partial charge in [-0.3, -0.25) is 4.79 Å². The predicted molar refractivity (Wildman–Crippen MR) is 63.7 cm³/mol. The molecule has 1 rings (SSSR count). The molecule has 0 aliphatic rings. The normalized spacial score (nSPS) is 9.94. The second-order valence-electron chi connectivity index (χ2n) is 3.07. The molecule has 2 N–H and O–H groups in total. The zero-order valence-electron chi connectivity index (χ0n) is 9.52. The predicted octanol–water partition coefficient (Wildman–Crippen LogP) is 0.212. The number of carbonyl (C=O) groups excluding carboxylic acids is 1. The molecule has 0 spiro atoms. The minimum atomic E-state index is -3.47. The Kier molecular flexibility index (Phi) is 6.36. The van der Waals surface area contributed by atoms with Gasteiger partial charge in [-0.2, -0.15) is 0 Å². The smallest absolute Gasteiger partial charge is 0.264 e. The number of sulfonamides is 1. The van der Waals surface area contributed by atoms with Crippen LogP contribution in [0.4, 0.5) is 0 Å². The molecule has 0 saturated carbocycles. The Morgan fingerprint density at radius 1 is 1.12 bits per heavy atom. The molecule has 1 aromatic rings. The molecule has 90 valence electrons. The van der Waals surface area contributed by atoms with Crippen LogP contribution in [0.1, 0.15) is 10.4 Å². The first-order valence-electron chi connectivity index (χ1n) is 4.56. The number of amides is 1. The second-order valence-corrected chi connectivity index (χ2v) is 4.82. The van der Waals surface area contributed by atoms with Gasteiger partial charge in [-0.15, -0.1) is 0 Å². The maximum atomic E-state index is 11.2. The van der Waals surface area contributed by atoms with Crippen molar-refractivity contribution < 1.29 is 13.2 Å². The third-order valence-corrected chi connectivity index (χ3v) is 1.87. The Morgan fingerprint density at radius 3 is 1.94 bits per heavy atom. The largest absolute Gasteiger partial charge is 0.323 e. The van der Waals surface area contributed by atoms with Gasteiger partial charge >= 0.3 is 0 Å². The highest BCUT2D eigenvalue weighted by atomic mass is 32.2. The van der Waals surface area contributed by atoms with Crippen molar-refractivity contribution in [3.63, 3.8) is 0 Å². The number of carbonyl (C=O) groups is 1. The lowest BCUT2D eigenvalue weighted by atomic mass is 10.2. The molecule has 0 bridgehead atoms. The zero-order valence-corrected chi connectivity index (χ0v) is 10.3. The quantitative estimate of drug-likeness (QED) is 0.780. The lowest BCUT2D eigenvalue weighted by Crippen LogP contribution is -2.29. The Balaban J connectivity index is 0.000000673. The topological polar surface area (TPSA) is 75.3 Å². The van der Waals surface area contributed by atoms with Crippen LogP contribution < -0.4 is 10.0 Å². The molecular weight excluding hydrogens is 228 g/mol. The summed E-state index contributed by atoms with van der Waals surface area (Å²) in [7, 11) is 0.279. The van der Waals surface area contributed by atoms with Gasteiger partial charge in [0.2, 0.25) is 10.0 Å². The van der Waals surface area contributed by atoms with Crippen molar-refractivity contribution in [3.05, 3.63) is 35.9 Å². The van der Waals surface area contributed by atoms with E-state index in [1.807, 2.05) is 18.8 Å². The molecule has 0 fully saturated rings. The fourth-order valence-electron chi connectivity index (χ4n) is 0.817. The van der Waals surface area contributed by atoms with Crippen LogP contribution in [0.3, 0.4) is 0 Å². The van der Waals surface area contributed by atoms with Gasteiger partial charge in [0.15, 0.2) is 0 Å². The summed E-state index contributed by atoms with van der Waals surface area (Å²) in [5.41, 5.74) is 0.327. The molecule has 0 heterocycles. The summed E-state index contributed by atoms with van der Waals surface area (Å²) in [6.07, 6.45) is 0.938. The zero-order chi connectivity index (χ0) is 12.6. The molecule has 0 unspecified atom stereocenters. The highest BCUT2D eigenvalue weighted by Gasteiger charge is 2.09. The molecule has 16 heavy (non-hydrogen) atoms.